The van der Waals surface area contributed by atoms with Crippen molar-refractivity contribution in [3.8, 4) is 11.4 Å². The average Bonchev–Trinajstić information content (AvgIpc) is 2.69. The molecule has 0 aliphatic carbocycles. The molecule has 2 aromatic rings. The van der Waals surface area contributed by atoms with E-state index < -0.39 is 6.23 Å². The quantitative estimate of drug-likeness (QED) is 0.861. The van der Waals surface area contributed by atoms with Gasteiger partial charge in [-0.15, -0.1) is 0 Å². The van der Waals surface area contributed by atoms with Crippen molar-refractivity contribution >= 4 is 11.6 Å². The number of fused-ring (bicyclic) bond motifs is 1. The van der Waals surface area contributed by atoms with Crippen LogP contribution in [0.2, 0.25) is 5.15 Å². The largest absolute Gasteiger partial charge is 0.373 e. The minimum atomic E-state index is -0.632. The molecule has 3 rings (SSSR count). The van der Waals surface area contributed by atoms with Crippen LogP contribution >= 0.6 is 11.6 Å². The first-order valence-corrected chi connectivity index (χ1v) is 6.25. The van der Waals surface area contributed by atoms with Gasteiger partial charge in [0.2, 0.25) is 0 Å². The summed E-state index contributed by atoms with van der Waals surface area (Å²) in [6.45, 7) is 0. The molecule has 18 heavy (non-hydrogen) atoms. The Kier molecular flexibility index (Phi) is 2.84. The zero-order valence-electron chi connectivity index (χ0n) is 9.61. The molecule has 2 heterocycles. The Bertz CT molecular complexity index is 597. The van der Waals surface area contributed by atoms with Crippen molar-refractivity contribution in [1.82, 2.24) is 9.55 Å². The van der Waals surface area contributed by atoms with Crippen LogP contribution in [0.1, 0.15) is 24.8 Å². The highest BCUT2D eigenvalue weighted by atomic mass is 35.5. The van der Waals surface area contributed by atoms with Gasteiger partial charge in [0.25, 0.3) is 0 Å². The molecule has 0 radical (unpaired) electrons. The first-order chi connectivity index (χ1) is 8.66. The van der Waals surface area contributed by atoms with Gasteiger partial charge in [0.05, 0.1) is 5.69 Å². The summed E-state index contributed by atoms with van der Waals surface area (Å²) < 4.78 is 15.0. The maximum absolute atomic E-state index is 13.3. The fourth-order valence-electron chi connectivity index (χ4n) is 2.40. The molecule has 0 saturated heterocycles. The monoisotopic (exact) mass is 266 g/mol. The normalized spacial score (nSPS) is 18.7. The van der Waals surface area contributed by atoms with Crippen LogP contribution < -0.4 is 0 Å². The Balaban J connectivity index is 2.18. The summed E-state index contributed by atoms with van der Waals surface area (Å²) in [7, 11) is 0. The van der Waals surface area contributed by atoms with Crippen LogP contribution in [0, 0.1) is 5.82 Å². The summed E-state index contributed by atoms with van der Waals surface area (Å²) in [4.78, 5) is 4.26. The van der Waals surface area contributed by atoms with Gasteiger partial charge >= 0.3 is 0 Å². The number of rotatable bonds is 1. The molecule has 1 N–H and O–H groups in total. The molecule has 1 unspecified atom stereocenters. The van der Waals surface area contributed by atoms with Crippen molar-refractivity contribution in [1.29, 1.82) is 0 Å². The Hall–Kier alpha value is -1.39. The van der Waals surface area contributed by atoms with Crippen LogP contribution in [0.5, 0.6) is 0 Å². The second-order valence-corrected chi connectivity index (χ2v) is 4.78. The lowest BCUT2D eigenvalue weighted by atomic mass is 10.1. The number of aliphatic hydroxyl groups excluding tert-OH is 1. The smallest absolute Gasteiger partial charge is 0.151 e. The van der Waals surface area contributed by atoms with E-state index in [2.05, 4.69) is 4.98 Å². The number of aliphatic hydroxyl groups is 1. The molecule has 0 spiro atoms. The number of nitrogens with zero attached hydrogens (tertiary/aromatic N) is 2. The number of benzene rings is 1. The second-order valence-electron chi connectivity index (χ2n) is 4.43. The van der Waals surface area contributed by atoms with E-state index >= 15 is 0 Å². The van der Waals surface area contributed by atoms with E-state index in [0.717, 1.165) is 18.5 Å². The molecule has 5 heteroatoms. The number of imidazole rings is 1. The molecule has 1 aromatic heterocycles. The summed E-state index contributed by atoms with van der Waals surface area (Å²) in [6, 6.07) is 6.15. The molecule has 0 amide bonds. The summed E-state index contributed by atoms with van der Waals surface area (Å²) in [5.74, 6) is 0.202. The topological polar surface area (TPSA) is 38.1 Å². The third kappa shape index (κ3) is 1.82. The minimum Gasteiger partial charge on any atom is -0.373 e. The molecule has 0 bridgehead atoms. The van der Waals surface area contributed by atoms with Gasteiger partial charge in [0.15, 0.2) is 5.15 Å². The number of aromatic nitrogens is 2. The zero-order chi connectivity index (χ0) is 12.7. The first-order valence-electron chi connectivity index (χ1n) is 5.87. The molecular formula is C13H12ClFN2O. The standard InChI is InChI=1S/C13H12ClFN2O/c14-12-10-5-2-6-11(18)17(10)13(16-12)8-3-1-4-9(15)7-8/h1,3-4,7,11,18H,2,5-6H2. The van der Waals surface area contributed by atoms with Crippen LogP contribution in [0.25, 0.3) is 11.4 Å². The van der Waals surface area contributed by atoms with Crippen molar-refractivity contribution in [2.75, 3.05) is 0 Å². The molecule has 3 nitrogen and oxygen atoms in total. The highest BCUT2D eigenvalue weighted by Gasteiger charge is 2.25. The van der Waals surface area contributed by atoms with Gasteiger partial charge in [0, 0.05) is 5.56 Å². The highest BCUT2D eigenvalue weighted by molar-refractivity contribution is 6.30. The lowest BCUT2D eigenvalue weighted by Gasteiger charge is -2.22. The van der Waals surface area contributed by atoms with E-state index in [9.17, 15) is 9.50 Å². The third-order valence-corrected chi connectivity index (χ3v) is 3.52. The molecule has 1 aliphatic rings. The van der Waals surface area contributed by atoms with Gasteiger partial charge in [-0.1, -0.05) is 23.7 Å². The van der Waals surface area contributed by atoms with Crippen molar-refractivity contribution in [3.05, 3.63) is 40.9 Å². The molecule has 1 aliphatic heterocycles. The minimum absolute atomic E-state index is 0.328. The maximum Gasteiger partial charge on any atom is 0.151 e. The molecule has 0 saturated carbocycles. The molecule has 1 atom stereocenters. The zero-order valence-corrected chi connectivity index (χ0v) is 10.4. The molecule has 94 valence electrons. The number of hydrogen-bond donors (Lipinski definition) is 1. The van der Waals surface area contributed by atoms with Gasteiger partial charge < -0.3 is 9.67 Å². The summed E-state index contributed by atoms with van der Waals surface area (Å²) >= 11 is 6.08. The fraction of sp³-hybridized carbons (Fsp3) is 0.308. The Morgan fingerprint density at radius 1 is 1.44 bits per heavy atom. The van der Waals surface area contributed by atoms with E-state index in [1.165, 1.54) is 12.1 Å². The van der Waals surface area contributed by atoms with E-state index in [1.54, 1.807) is 16.7 Å². The van der Waals surface area contributed by atoms with Crippen molar-refractivity contribution in [3.63, 3.8) is 0 Å². The SMILES string of the molecule is OC1CCCc2c(Cl)nc(-c3cccc(F)c3)n21. The van der Waals surface area contributed by atoms with E-state index in [1.807, 2.05) is 0 Å². The van der Waals surface area contributed by atoms with Gasteiger partial charge in [-0.05, 0) is 31.4 Å². The molecule has 1 aromatic carbocycles. The Morgan fingerprint density at radius 3 is 3.06 bits per heavy atom. The molecular weight excluding hydrogens is 255 g/mol. The maximum atomic E-state index is 13.3. The van der Waals surface area contributed by atoms with Crippen molar-refractivity contribution < 1.29 is 9.50 Å². The van der Waals surface area contributed by atoms with Gasteiger partial charge in [-0.25, -0.2) is 9.37 Å². The summed E-state index contributed by atoms with van der Waals surface area (Å²) in [5.41, 5.74) is 1.46. The predicted octanol–water partition coefficient (Wildman–Crippen LogP) is 3.17. The second kappa shape index (κ2) is 4.37. The number of hydrogen-bond acceptors (Lipinski definition) is 2. The Labute approximate surface area is 109 Å². The van der Waals surface area contributed by atoms with Crippen LogP contribution in [-0.4, -0.2) is 14.7 Å². The average molecular weight is 267 g/mol. The Morgan fingerprint density at radius 2 is 2.28 bits per heavy atom. The van der Waals surface area contributed by atoms with E-state index in [-0.39, 0.29) is 5.82 Å². The van der Waals surface area contributed by atoms with Gasteiger partial charge in [-0.2, -0.15) is 0 Å². The van der Waals surface area contributed by atoms with Crippen molar-refractivity contribution in [2.24, 2.45) is 0 Å². The first kappa shape index (κ1) is 11.7. The van der Waals surface area contributed by atoms with E-state index in [0.29, 0.717) is 23.0 Å². The number of halogens is 2. The van der Waals surface area contributed by atoms with Crippen LogP contribution in [0.3, 0.4) is 0 Å². The van der Waals surface area contributed by atoms with Crippen LogP contribution in [0.4, 0.5) is 4.39 Å². The van der Waals surface area contributed by atoms with E-state index in [4.69, 9.17) is 11.6 Å². The third-order valence-electron chi connectivity index (χ3n) is 3.22. The highest BCUT2D eigenvalue weighted by Crippen LogP contribution is 2.34. The van der Waals surface area contributed by atoms with Crippen molar-refractivity contribution in [2.45, 2.75) is 25.5 Å². The van der Waals surface area contributed by atoms with Gasteiger partial charge in [0.1, 0.15) is 17.9 Å². The summed E-state index contributed by atoms with van der Waals surface area (Å²) in [6.07, 6.45) is 1.71. The predicted molar refractivity (Wildman–Crippen MR) is 66.8 cm³/mol. The van der Waals surface area contributed by atoms with Gasteiger partial charge in [-0.3, -0.25) is 0 Å². The van der Waals surface area contributed by atoms with Crippen LogP contribution in [0.15, 0.2) is 24.3 Å². The lowest BCUT2D eigenvalue weighted by molar-refractivity contribution is 0.0807. The lowest BCUT2D eigenvalue weighted by Crippen LogP contribution is -2.17. The van der Waals surface area contributed by atoms with Crippen LogP contribution in [-0.2, 0) is 6.42 Å². The fourth-order valence-corrected chi connectivity index (χ4v) is 2.66. The molecule has 0 fully saturated rings. The summed E-state index contributed by atoms with van der Waals surface area (Å²) in [5, 5.41) is 10.5.